The topological polar surface area (TPSA) is 105 Å². The maximum Gasteiger partial charge on any atom is 0.436 e. The summed E-state index contributed by atoms with van der Waals surface area (Å²) in [5, 5.41) is 9.29. The van der Waals surface area contributed by atoms with Crippen molar-refractivity contribution < 1.29 is 58.2 Å². The Labute approximate surface area is 246 Å². The highest BCUT2D eigenvalue weighted by Gasteiger charge is 2.74. The van der Waals surface area contributed by atoms with Gasteiger partial charge in [-0.2, -0.15) is 26.3 Å². The third kappa shape index (κ3) is 4.74. The summed E-state index contributed by atoms with van der Waals surface area (Å²) >= 11 is 0. The molecule has 16 heteroatoms. The lowest BCUT2D eigenvalue weighted by atomic mass is 9.79. The largest absolute Gasteiger partial charge is 0.481 e. The number of sulfone groups is 1. The van der Waals surface area contributed by atoms with E-state index in [0.717, 1.165) is 24.3 Å². The van der Waals surface area contributed by atoms with Gasteiger partial charge in [0.25, 0.3) is 0 Å². The quantitative estimate of drug-likeness (QED) is 0.332. The van der Waals surface area contributed by atoms with E-state index in [1.165, 1.54) is 4.90 Å². The maximum absolute atomic E-state index is 14.9. The number of benzene rings is 1. The zero-order valence-electron chi connectivity index (χ0n) is 22.8. The number of carboxylic acids is 1. The van der Waals surface area contributed by atoms with Crippen molar-refractivity contribution in [2.75, 3.05) is 6.54 Å². The average Bonchev–Trinajstić information content (AvgIpc) is 3.37. The molecule has 2 atom stereocenters. The number of nitrogens with zero attached hydrogens (tertiary/aromatic N) is 2. The van der Waals surface area contributed by atoms with E-state index < -0.39 is 84.3 Å². The molecule has 1 amide bonds. The number of fused-ring (bicyclic) bond motifs is 3. The molecule has 5 rings (SSSR count). The van der Waals surface area contributed by atoms with Crippen LogP contribution in [0.3, 0.4) is 0 Å². The fourth-order valence-electron chi connectivity index (χ4n) is 6.93. The van der Waals surface area contributed by atoms with Gasteiger partial charge in [-0.05, 0) is 80.8 Å². The molecule has 1 saturated heterocycles. The van der Waals surface area contributed by atoms with Crippen molar-refractivity contribution in [3.05, 3.63) is 59.2 Å². The van der Waals surface area contributed by atoms with Crippen LogP contribution in [0.25, 0.3) is 0 Å². The first-order valence-corrected chi connectivity index (χ1v) is 15.2. The predicted molar refractivity (Wildman–Crippen MR) is 136 cm³/mol. The van der Waals surface area contributed by atoms with E-state index in [9.17, 15) is 58.2 Å². The molecule has 1 aromatic heterocycles. The van der Waals surface area contributed by atoms with Crippen molar-refractivity contribution >= 4 is 21.7 Å². The number of carbonyl (C=O) groups is 2. The number of hydrogen-bond donors (Lipinski definition) is 1. The van der Waals surface area contributed by atoms with Crippen LogP contribution in [0.4, 0.5) is 35.1 Å². The lowest BCUT2D eigenvalue weighted by Crippen LogP contribution is -2.54. The molecule has 2 aromatic rings. The molecule has 2 aliphatic carbocycles. The van der Waals surface area contributed by atoms with Crippen molar-refractivity contribution in [2.45, 2.75) is 78.7 Å². The van der Waals surface area contributed by atoms with Gasteiger partial charge >= 0.3 is 24.0 Å². The van der Waals surface area contributed by atoms with E-state index in [0.29, 0.717) is 6.07 Å². The highest BCUT2D eigenvalue weighted by atomic mass is 32.2. The zero-order chi connectivity index (χ0) is 32.5. The summed E-state index contributed by atoms with van der Waals surface area (Å²) < 4.78 is 136. The first kappa shape index (κ1) is 32.1. The van der Waals surface area contributed by atoms with Gasteiger partial charge in [0.05, 0.1) is 22.5 Å². The van der Waals surface area contributed by atoms with Crippen LogP contribution in [0.5, 0.6) is 0 Å². The van der Waals surface area contributed by atoms with Crippen LogP contribution in [0.15, 0.2) is 41.4 Å². The number of hydrogen-bond acceptors (Lipinski definition) is 5. The molecule has 0 spiro atoms. The van der Waals surface area contributed by atoms with E-state index in [2.05, 4.69) is 4.98 Å². The third-order valence-electron chi connectivity index (χ3n) is 9.18. The first-order chi connectivity index (χ1) is 20.4. The van der Waals surface area contributed by atoms with Gasteiger partial charge in [0, 0.05) is 24.2 Å². The van der Waals surface area contributed by atoms with Gasteiger partial charge in [0.1, 0.15) is 10.6 Å². The number of carboxylic acid groups (broad SMARTS) is 1. The number of aromatic nitrogens is 1. The van der Waals surface area contributed by atoms with Crippen molar-refractivity contribution in [1.82, 2.24) is 9.88 Å². The standard InChI is InChI=1S/C28H26F8N2O5S/c29-19-6-8-20(9-7-19)44(42,43)25-11-12-38(23(39)15-1-3-16(4-2-15)24(40)41)21(25)10-5-17-13-18(14-37-22(17)25)26(30,27(31,32)33)28(34,35)36/h6-9,13-16,21H,1-5,10-12H2,(H,40,41). The van der Waals surface area contributed by atoms with E-state index >= 15 is 0 Å². The second kappa shape index (κ2) is 10.7. The second-order valence-corrected chi connectivity index (χ2v) is 13.7. The van der Waals surface area contributed by atoms with E-state index in [1.54, 1.807) is 0 Å². The highest BCUT2D eigenvalue weighted by Crippen LogP contribution is 2.56. The number of likely N-dealkylation sites (tertiary alicyclic amines) is 1. The number of halogens is 8. The Morgan fingerprint density at radius 3 is 2.02 bits per heavy atom. The molecule has 3 aliphatic rings. The molecular formula is C28H26F8N2O5S. The van der Waals surface area contributed by atoms with Crippen LogP contribution in [-0.4, -0.2) is 60.2 Å². The molecule has 2 fully saturated rings. The molecule has 1 aliphatic heterocycles. The minimum Gasteiger partial charge on any atom is -0.481 e. The molecule has 2 heterocycles. The third-order valence-corrected chi connectivity index (χ3v) is 11.7. The van der Waals surface area contributed by atoms with Gasteiger partial charge in [-0.1, -0.05) is 0 Å². The fourth-order valence-corrected chi connectivity index (χ4v) is 9.24. The summed E-state index contributed by atoms with van der Waals surface area (Å²) in [6, 6.07) is 2.81. The normalized spacial score (nSPS) is 26.2. The Morgan fingerprint density at radius 2 is 1.48 bits per heavy atom. The van der Waals surface area contributed by atoms with Crippen LogP contribution in [0.2, 0.25) is 0 Å². The lowest BCUT2D eigenvalue weighted by Gasteiger charge is -2.43. The minimum atomic E-state index is -6.41. The number of alkyl halides is 7. The van der Waals surface area contributed by atoms with Crippen molar-refractivity contribution in [2.24, 2.45) is 11.8 Å². The maximum atomic E-state index is 14.9. The minimum absolute atomic E-state index is 0.0295. The Balaban J connectivity index is 1.62. The summed E-state index contributed by atoms with van der Waals surface area (Å²) in [4.78, 5) is 29.7. The van der Waals surface area contributed by atoms with Gasteiger partial charge < -0.3 is 10.0 Å². The molecule has 44 heavy (non-hydrogen) atoms. The number of aryl methyl sites for hydroxylation is 1. The van der Waals surface area contributed by atoms with E-state index in [-0.39, 0.29) is 63.3 Å². The van der Waals surface area contributed by atoms with E-state index in [4.69, 9.17) is 0 Å². The molecular weight excluding hydrogens is 628 g/mol. The molecule has 0 bridgehead atoms. The van der Waals surface area contributed by atoms with Crippen molar-refractivity contribution in [1.29, 1.82) is 0 Å². The summed E-state index contributed by atoms with van der Waals surface area (Å²) in [7, 11) is -4.65. The Hall–Kier alpha value is -3.30. The number of carbonyl (C=O) groups excluding carboxylic acids is 1. The molecule has 2 unspecified atom stereocenters. The van der Waals surface area contributed by atoms with E-state index in [1.807, 2.05) is 0 Å². The van der Waals surface area contributed by atoms with Crippen LogP contribution < -0.4 is 0 Å². The van der Waals surface area contributed by atoms with Crippen molar-refractivity contribution in [3.63, 3.8) is 0 Å². The first-order valence-electron chi connectivity index (χ1n) is 13.7. The van der Waals surface area contributed by atoms with Crippen molar-refractivity contribution in [3.8, 4) is 0 Å². The number of pyridine rings is 1. The Kier molecular flexibility index (Phi) is 7.77. The molecule has 7 nitrogen and oxygen atoms in total. The summed E-state index contributed by atoms with van der Waals surface area (Å²) in [6.45, 7) is -0.163. The zero-order valence-corrected chi connectivity index (χ0v) is 23.6. The van der Waals surface area contributed by atoms with Gasteiger partial charge in [0.15, 0.2) is 9.84 Å². The summed E-state index contributed by atoms with van der Waals surface area (Å²) in [5.41, 5.74) is -8.39. The Morgan fingerprint density at radius 1 is 0.909 bits per heavy atom. The van der Waals surface area contributed by atoms with Gasteiger partial charge in [-0.25, -0.2) is 17.2 Å². The van der Waals surface area contributed by atoms with Gasteiger partial charge in [0.2, 0.25) is 5.91 Å². The van der Waals surface area contributed by atoms with Gasteiger partial charge in [-0.3, -0.25) is 14.6 Å². The van der Waals surface area contributed by atoms with Crippen LogP contribution in [-0.2, 0) is 36.3 Å². The fraction of sp³-hybridized carbons (Fsp3) is 0.536. The molecule has 1 aromatic carbocycles. The smallest absolute Gasteiger partial charge is 0.436 e. The molecule has 1 N–H and O–H groups in total. The average molecular weight is 655 g/mol. The summed E-state index contributed by atoms with van der Waals surface area (Å²) in [5.74, 6) is -3.48. The molecule has 0 radical (unpaired) electrons. The lowest BCUT2D eigenvalue weighted by molar-refractivity contribution is -0.348. The second-order valence-electron chi connectivity index (χ2n) is 11.5. The summed E-state index contributed by atoms with van der Waals surface area (Å²) in [6.07, 6.45) is -12.8. The molecule has 1 saturated carbocycles. The number of aliphatic carboxylic acids is 1. The van der Waals surface area contributed by atoms with Crippen LogP contribution >= 0.6 is 0 Å². The predicted octanol–water partition coefficient (Wildman–Crippen LogP) is 5.62. The number of rotatable bonds is 5. The Bertz CT molecular complexity index is 1560. The molecule has 240 valence electrons. The number of amides is 1. The van der Waals surface area contributed by atoms with Crippen LogP contribution in [0, 0.1) is 17.7 Å². The highest BCUT2D eigenvalue weighted by molar-refractivity contribution is 7.92. The van der Waals surface area contributed by atoms with Crippen LogP contribution in [0.1, 0.15) is 55.3 Å². The SMILES string of the molecule is O=C(O)C1CCC(C(=O)N2CCC3(S(=O)(=O)c4ccc(F)cc4)c4ncc(C(F)(C(F)(F)F)C(F)(F)F)cc4CCC23)CC1. The van der Waals surface area contributed by atoms with Gasteiger partial charge in [-0.15, -0.1) is 0 Å². The monoisotopic (exact) mass is 654 g/mol.